The number of para-hydroxylation sites is 2. The number of aromatic nitrogens is 1. The number of thiazole rings is 1. The molecule has 2 fully saturated rings. The van der Waals surface area contributed by atoms with Gasteiger partial charge < -0.3 is 20.5 Å². The molecule has 0 aliphatic carbocycles. The number of nitrogens with one attached hydrogen (secondary N) is 2. The Morgan fingerprint density at radius 3 is 2.18 bits per heavy atom. The minimum absolute atomic E-state index is 0.0542. The lowest BCUT2D eigenvalue weighted by molar-refractivity contribution is -0.177. The molecule has 0 radical (unpaired) electrons. The van der Waals surface area contributed by atoms with Crippen molar-refractivity contribution in [2.75, 3.05) is 10.6 Å². The van der Waals surface area contributed by atoms with Crippen molar-refractivity contribution >= 4 is 50.2 Å². The number of cyclic esters (lactones) is 1. The van der Waals surface area contributed by atoms with E-state index >= 15 is 4.79 Å². The highest BCUT2D eigenvalue weighted by atomic mass is 32.1. The largest absolute Gasteiger partial charge is 0.508 e. The predicted molar refractivity (Wildman–Crippen MR) is 189 cm³/mol. The first-order valence-corrected chi connectivity index (χ1v) is 17.2. The van der Waals surface area contributed by atoms with E-state index in [0.29, 0.717) is 21.9 Å². The third kappa shape index (κ3) is 4.49. The van der Waals surface area contributed by atoms with Gasteiger partial charge in [-0.1, -0.05) is 114 Å². The van der Waals surface area contributed by atoms with E-state index in [2.05, 4.69) is 15.6 Å². The van der Waals surface area contributed by atoms with Crippen molar-refractivity contribution in [3.8, 4) is 5.75 Å². The second-order valence-electron chi connectivity index (χ2n) is 12.8. The second kappa shape index (κ2) is 11.6. The Kier molecular flexibility index (Phi) is 7.04. The van der Waals surface area contributed by atoms with Crippen LogP contribution in [0.2, 0.25) is 0 Å². The Labute approximate surface area is 291 Å². The fraction of sp³-hybridized carbons (Fsp3) is 0.150. The number of rotatable bonds is 5. The summed E-state index contributed by atoms with van der Waals surface area (Å²) in [6, 6.07) is 38.3. The van der Waals surface area contributed by atoms with Crippen LogP contribution in [0.1, 0.15) is 40.4 Å². The van der Waals surface area contributed by atoms with Crippen LogP contribution in [0.3, 0.4) is 0 Å². The average Bonchev–Trinajstić information content (AvgIpc) is 3.79. The van der Waals surface area contributed by atoms with Gasteiger partial charge in [-0.3, -0.25) is 19.3 Å². The van der Waals surface area contributed by atoms with Gasteiger partial charge in [0, 0.05) is 5.69 Å². The van der Waals surface area contributed by atoms with E-state index < -0.39 is 53.3 Å². The highest BCUT2D eigenvalue weighted by Gasteiger charge is 2.74. The highest BCUT2D eigenvalue weighted by molar-refractivity contribution is 7.22. The van der Waals surface area contributed by atoms with Crippen LogP contribution in [0.4, 0.5) is 10.8 Å². The fourth-order valence-corrected chi connectivity index (χ4v) is 9.18. The number of anilines is 2. The molecule has 2 saturated heterocycles. The molecule has 50 heavy (non-hydrogen) atoms. The van der Waals surface area contributed by atoms with E-state index in [9.17, 15) is 14.7 Å². The predicted octanol–water partition coefficient (Wildman–Crippen LogP) is 6.91. The molecule has 246 valence electrons. The summed E-state index contributed by atoms with van der Waals surface area (Å²) in [7, 11) is 0. The summed E-state index contributed by atoms with van der Waals surface area (Å²) in [6.07, 6.45) is -0.759. The molecule has 5 aromatic carbocycles. The summed E-state index contributed by atoms with van der Waals surface area (Å²) in [5, 5.41) is 16.8. The molecular weight excluding hydrogens is 649 g/mol. The van der Waals surface area contributed by atoms with Crippen LogP contribution in [-0.2, 0) is 24.5 Å². The molecule has 3 N–H and O–H groups in total. The number of amides is 2. The van der Waals surface area contributed by atoms with Gasteiger partial charge in [-0.25, -0.2) is 4.98 Å². The molecule has 0 unspecified atom stereocenters. The number of aromatic hydroxyl groups is 1. The molecule has 6 atom stereocenters. The van der Waals surface area contributed by atoms with Gasteiger partial charge in [0.2, 0.25) is 11.8 Å². The number of hydrogen-bond donors (Lipinski definition) is 3. The highest BCUT2D eigenvalue weighted by Crippen LogP contribution is 2.64. The maximum absolute atomic E-state index is 15.0. The third-order valence-electron chi connectivity index (χ3n) is 10.2. The van der Waals surface area contributed by atoms with Crippen molar-refractivity contribution in [3.05, 3.63) is 156 Å². The van der Waals surface area contributed by atoms with Crippen molar-refractivity contribution in [3.63, 3.8) is 0 Å². The van der Waals surface area contributed by atoms with E-state index in [1.54, 1.807) is 24.3 Å². The molecule has 1 spiro atoms. The summed E-state index contributed by atoms with van der Waals surface area (Å²) in [5.74, 6) is -2.71. The van der Waals surface area contributed by atoms with Gasteiger partial charge in [-0.15, -0.1) is 0 Å². The number of morpholine rings is 1. The molecule has 0 bridgehead atoms. The summed E-state index contributed by atoms with van der Waals surface area (Å²) in [5.41, 5.74) is 2.63. The Bertz CT molecular complexity index is 2250. The zero-order valence-electron chi connectivity index (χ0n) is 26.5. The first-order valence-electron chi connectivity index (χ1n) is 16.4. The number of hydrogen-bond acceptors (Lipinski definition) is 8. The smallest absolute Gasteiger partial charge is 0.324 e. The zero-order valence-corrected chi connectivity index (χ0v) is 27.3. The van der Waals surface area contributed by atoms with Gasteiger partial charge in [-0.05, 0) is 52.6 Å². The summed E-state index contributed by atoms with van der Waals surface area (Å²) >= 11 is 1.32. The van der Waals surface area contributed by atoms with Crippen LogP contribution in [-0.4, -0.2) is 38.8 Å². The number of carbonyl (C=O) groups is 3. The molecule has 9 nitrogen and oxygen atoms in total. The Morgan fingerprint density at radius 2 is 1.44 bits per heavy atom. The average molecular weight is 679 g/mol. The molecule has 2 amide bonds. The summed E-state index contributed by atoms with van der Waals surface area (Å²) in [4.78, 5) is 51.3. The Balaban J connectivity index is 1.31. The topological polar surface area (TPSA) is 121 Å². The normalized spacial score (nSPS) is 25.6. The lowest BCUT2D eigenvalue weighted by Gasteiger charge is -2.46. The lowest BCUT2D eigenvalue weighted by Crippen LogP contribution is -2.53. The van der Waals surface area contributed by atoms with Crippen molar-refractivity contribution < 1.29 is 24.2 Å². The molecule has 4 heterocycles. The zero-order chi connectivity index (χ0) is 34.0. The van der Waals surface area contributed by atoms with Crippen LogP contribution in [0.25, 0.3) is 10.2 Å². The summed E-state index contributed by atoms with van der Waals surface area (Å²) < 4.78 is 7.31. The standard InChI is InChI=1S/C40H30N4O5S/c45-26-21-19-25(20-22-26)35-40(27-15-7-8-16-28(27)41-38(40)48)31(36(46)43-39-42-29-17-9-10-18-30(29)50-39)33-37(47)49-34(24-13-5-2-6-14-24)32(44(33)35)23-11-3-1-4-12-23/h1-22,31-35,45H,(H,41,48)(H,42,43,46)/t31-,32-,33-,34+,35+,40-/m0/s1. The van der Waals surface area contributed by atoms with E-state index in [0.717, 1.165) is 21.3 Å². The molecule has 3 aliphatic heterocycles. The number of nitrogens with zero attached hydrogens (tertiary/aromatic N) is 2. The molecular formula is C40H30N4O5S. The number of carbonyl (C=O) groups excluding carboxylic acids is 3. The number of phenolic OH excluding ortho intramolecular Hbond substituents is 1. The summed E-state index contributed by atoms with van der Waals surface area (Å²) in [6.45, 7) is 0. The first kappa shape index (κ1) is 30.2. The second-order valence-corrected chi connectivity index (χ2v) is 13.9. The minimum Gasteiger partial charge on any atom is -0.508 e. The SMILES string of the molecule is O=C1O[C@H](c2ccccc2)[C@H](c2ccccc2)N2[C@H]1[C@@H](C(=O)Nc1nc3ccccc3s1)[C@]1(C(=O)Nc3ccccc31)[C@H]2c1ccc(O)cc1. The van der Waals surface area contributed by atoms with Gasteiger partial charge in [0.15, 0.2) is 5.13 Å². The number of benzene rings is 5. The maximum atomic E-state index is 15.0. The van der Waals surface area contributed by atoms with Crippen LogP contribution in [0.5, 0.6) is 5.75 Å². The minimum atomic E-state index is -1.59. The van der Waals surface area contributed by atoms with Crippen molar-refractivity contribution in [1.29, 1.82) is 0 Å². The van der Waals surface area contributed by atoms with E-state index in [1.165, 1.54) is 11.3 Å². The lowest BCUT2D eigenvalue weighted by atomic mass is 9.65. The Hall–Kier alpha value is -5.84. The number of esters is 1. The van der Waals surface area contributed by atoms with Crippen molar-refractivity contribution in [2.24, 2.45) is 5.92 Å². The van der Waals surface area contributed by atoms with Crippen molar-refractivity contribution in [1.82, 2.24) is 9.88 Å². The number of ether oxygens (including phenoxy) is 1. The van der Waals surface area contributed by atoms with Gasteiger partial charge in [-0.2, -0.15) is 0 Å². The van der Waals surface area contributed by atoms with Gasteiger partial charge in [0.25, 0.3) is 0 Å². The molecule has 10 heteroatoms. The van der Waals surface area contributed by atoms with E-state index in [4.69, 9.17) is 4.74 Å². The number of fused-ring (bicyclic) bond motifs is 4. The molecule has 3 aliphatic rings. The van der Waals surface area contributed by atoms with Gasteiger partial charge >= 0.3 is 5.97 Å². The maximum Gasteiger partial charge on any atom is 0.324 e. The molecule has 1 aromatic heterocycles. The van der Waals surface area contributed by atoms with Crippen LogP contribution in [0, 0.1) is 5.92 Å². The third-order valence-corrected chi connectivity index (χ3v) is 11.2. The first-order chi connectivity index (χ1) is 24.4. The van der Waals surface area contributed by atoms with E-state index in [-0.39, 0.29) is 5.75 Å². The quantitative estimate of drug-likeness (QED) is 0.170. The molecule has 6 aromatic rings. The molecule has 0 saturated carbocycles. The fourth-order valence-electron chi connectivity index (χ4n) is 8.32. The van der Waals surface area contributed by atoms with Gasteiger partial charge in [0.05, 0.1) is 28.2 Å². The van der Waals surface area contributed by atoms with Crippen LogP contribution >= 0.6 is 11.3 Å². The Morgan fingerprint density at radius 1 is 0.780 bits per heavy atom. The van der Waals surface area contributed by atoms with E-state index in [1.807, 2.05) is 114 Å². The van der Waals surface area contributed by atoms with Crippen molar-refractivity contribution in [2.45, 2.75) is 29.6 Å². The van der Waals surface area contributed by atoms with Crippen LogP contribution in [0.15, 0.2) is 133 Å². The number of phenols is 1. The van der Waals surface area contributed by atoms with Crippen LogP contribution < -0.4 is 10.6 Å². The monoisotopic (exact) mass is 678 g/mol. The molecule has 9 rings (SSSR count). The van der Waals surface area contributed by atoms with Gasteiger partial charge in [0.1, 0.15) is 23.3 Å².